The average molecular weight is 229 g/mol. The Morgan fingerprint density at radius 2 is 2.24 bits per heavy atom. The molecule has 4 rings (SSSR count). The second kappa shape index (κ2) is 3.47. The normalized spacial score (nSPS) is 44.8. The number of hydrogen-bond acceptors (Lipinski definition) is 1. The van der Waals surface area contributed by atoms with Crippen LogP contribution < -0.4 is 0 Å². The third-order valence-electron chi connectivity index (χ3n) is 6.06. The number of piperidine rings is 1. The van der Waals surface area contributed by atoms with Gasteiger partial charge in [-0.1, -0.05) is 30.6 Å². The molecule has 4 aliphatic rings. The fourth-order valence-electron chi connectivity index (χ4n) is 5.26. The molecule has 0 spiro atoms. The van der Waals surface area contributed by atoms with Crippen LogP contribution in [0, 0.1) is 11.3 Å². The smallest absolute Gasteiger partial charge is 0.0166 e. The molecule has 3 aliphatic carbocycles. The Morgan fingerprint density at radius 3 is 3.18 bits per heavy atom. The highest BCUT2D eigenvalue weighted by atomic mass is 15.1. The number of rotatable bonds is 0. The predicted molar refractivity (Wildman–Crippen MR) is 70.8 cm³/mol. The van der Waals surface area contributed by atoms with Crippen molar-refractivity contribution in [2.45, 2.75) is 51.0 Å². The SMILES string of the molecule is CN1CC[C@]23CCCC[C@H]2[C@H]1CC1=C3C=CC1. The zero-order valence-corrected chi connectivity index (χ0v) is 10.9. The monoisotopic (exact) mass is 229 g/mol. The molecule has 3 atom stereocenters. The van der Waals surface area contributed by atoms with Crippen LogP contribution in [0.25, 0.3) is 0 Å². The van der Waals surface area contributed by atoms with Crippen LogP contribution in [0.1, 0.15) is 44.9 Å². The van der Waals surface area contributed by atoms with Crippen molar-refractivity contribution in [3.05, 3.63) is 23.3 Å². The van der Waals surface area contributed by atoms with Gasteiger partial charge in [0, 0.05) is 11.5 Å². The number of hydrogen-bond donors (Lipinski definition) is 0. The van der Waals surface area contributed by atoms with Crippen LogP contribution in [0.4, 0.5) is 0 Å². The Bertz CT molecular complexity index is 406. The van der Waals surface area contributed by atoms with Gasteiger partial charge in [0.2, 0.25) is 0 Å². The van der Waals surface area contributed by atoms with E-state index in [1.54, 1.807) is 11.1 Å². The van der Waals surface area contributed by atoms with Crippen LogP contribution in [-0.2, 0) is 0 Å². The molecule has 17 heavy (non-hydrogen) atoms. The molecule has 1 saturated carbocycles. The van der Waals surface area contributed by atoms with Gasteiger partial charge in [-0.2, -0.15) is 0 Å². The van der Waals surface area contributed by atoms with E-state index in [0.717, 1.165) is 12.0 Å². The van der Waals surface area contributed by atoms with Crippen LogP contribution in [0.5, 0.6) is 0 Å². The van der Waals surface area contributed by atoms with Crippen molar-refractivity contribution in [2.75, 3.05) is 13.6 Å². The Morgan fingerprint density at radius 1 is 1.29 bits per heavy atom. The minimum Gasteiger partial charge on any atom is -0.303 e. The van der Waals surface area contributed by atoms with Crippen molar-refractivity contribution in [3.8, 4) is 0 Å². The average Bonchev–Trinajstić information content (AvgIpc) is 2.83. The van der Waals surface area contributed by atoms with Crippen LogP contribution >= 0.6 is 0 Å². The van der Waals surface area contributed by atoms with E-state index in [-0.39, 0.29) is 0 Å². The van der Waals surface area contributed by atoms with Gasteiger partial charge in [-0.05, 0) is 57.2 Å². The topological polar surface area (TPSA) is 3.24 Å². The summed E-state index contributed by atoms with van der Waals surface area (Å²) < 4.78 is 0. The fourth-order valence-corrected chi connectivity index (χ4v) is 5.26. The van der Waals surface area contributed by atoms with E-state index in [1.165, 1.54) is 51.5 Å². The molecule has 2 fully saturated rings. The van der Waals surface area contributed by atoms with E-state index in [2.05, 4.69) is 24.1 Å². The van der Waals surface area contributed by atoms with Gasteiger partial charge in [-0.3, -0.25) is 0 Å². The lowest BCUT2D eigenvalue weighted by atomic mass is 9.52. The second-order valence-electron chi connectivity index (χ2n) is 6.63. The molecule has 1 heterocycles. The van der Waals surface area contributed by atoms with Gasteiger partial charge in [0.25, 0.3) is 0 Å². The Kier molecular flexibility index (Phi) is 2.12. The first-order chi connectivity index (χ1) is 8.31. The van der Waals surface area contributed by atoms with Crippen LogP contribution in [0.3, 0.4) is 0 Å². The fraction of sp³-hybridized carbons (Fsp3) is 0.750. The van der Waals surface area contributed by atoms with E-state index >= 15 is 0 Å². The molecule has 0 N–H and O–H groups in total. The Labute approximate surface area is 105 Å². The molecule has 2 bridgehead atoms. The second-order valence-corrected chi connectivity index (χ2v) is 6.63. The first-order valence-corrected chi connectivity index (χ1v) is 7.40. The highest BCUT2D eigenvalue weighted by Gasteiger charge is 2.53. The van der Waals surface area contributed by atoms with E-state index < -0.39 is 0 Å². The summed E-state index contributed by atoms with van der Waals surface area (Å²) in [5.41, 5.74) is 4.20. The lowest BCUT2D eigenvalue weighted by Crippen LogP contribution is -2.56. The third-order valence-corrected chi connectivity index (χ3v) is 6.06. The van der Waals surface area contributed by atoms with E-state index in [4.69, 9.17) is 0 Å². The van der Waals surface area contributed by atoms with Gasteiger partial charge in [0.1, 0.15) is 0 Å². The number of likely N-dealkylation sites (tertiary alicyclic amines) is 1. The predicted octanol–water partition coefficient (Wildman–Crippen LogP) is 3.53. The summed E-state index contributed by atoms with van der Waals surface area (Å²) in [5, 5.41) is 0. The molecule has 0 aromatic rings. The number of allylic oxidation sites excluding steroid dienone is 3. The molecule has 1 saturated heterocycles. The zero-order valence-electron chi connectivity index (χ0n) is 10.9. The van der Waals surface area contributed by atoms with Crippen molar-refractivity contribution in [1.82, 2.24) is 4.90 Å². The molecular weight excluding hydrogens is 206 g/mol. The molecule has 1 aliphatic heterocycles. The first-order valence-electron chi connectivity index (χ1n) is 7.40. The summed E-state index contributed by atoms with van der Waals surface area (Å²) in [6, 6.07) is 0.864. The van der Waals surface area contributed by atoms with Crippen LogP contribution in [0.2, 0.25) is 0 Å². The maximum absolute atomic E-state index is 2.66. The molecule has 1 nitrogen and oxygen atoms in total. The summed E-state index contributed by atoms with van der Waals surface area (Å²) in [4.78, 5) is 2.66. The van der Waals surface area contributed by atoms with E-state index in [0.29, 0.717) is 5.41 Å². The van der Waals surface area contributed by atoms with Crippen molar-refractivity contribution in [1.29, 1.82) is 0 Å². The molecule has 1 heteroatoms. The van der Waals surface area contributed by atoms with Crippen molar-refractivity contribution >= 4 is 0 Å². The van der Waals surface area contributed by atoms with E-state index in [9.17, 15) is 0 Å². The number of nitrogens with zero attached hydrogens (tertiary/aromatic N) is 1. The van der Waals surface area contributed by atoms with Crippen LogP contribution in [0.15, 0.2) is 23.3 Å². The molecule has 0 unspecified atom stereocenters. The first kappa shape index (κ1) is 10.4. The van der Waals surface area contributed by atoms with Gasteiger partial charge in [-0.15, -0.1) is 0 Å². The molecular formula is C16H23N. The van der Waals surface area contributed by atoms with Crippen molar-refractivity contribution < 1.29 is 0 Å². The largest absolute Gasteiger partial charge is 0.303 e. The van der Waals surface area contributed by atoms with Gasteiger partial charge in [0.05, 0.1) is 0 Å². The van der Waals surface area contributed by atoms with E-state index in [1.807, 2.05) is 0 Å². The third kappa shape index (κ3) is 1.24. The highest BCUT2D eigenvalue weighted by Crippen LogP contribution is 2.60. The molecule has 0 radical (unpaired) electrons. The molecule has 0 aromatic carbocycles. The standard InChI is InChI=1S/C16H23N/c1-17-10-9-16-8-3-2-6-14(16)15(17)11-12-5-4-7-13(12)16/h4,7,14-15H,2-3,5-6,8-11H2,1H3/t14-,15+,16-/m0/s1. The van der Waals surface area contributed by atoms with Crippen molar-refractivity contribution in [3.63, 3.8) is 0 Å². The summed E-state index contributed by atoms with van der Waals surface area (Å²) in [7, 11) is 2.36. The van der Waals surface area contributed by atoms with Gasteiger partial charge < -0.3 is 4.90 Å². The lowest BCUT2D eigenvalue weighted by Gasteiger charge is -2.58. The molecule has 0 aromatic heterocycles. The quantitative estimate of drug-likeness (QED) is 0.614. The summed E-state index contributed by atoms with van der Waals surface area (Å²) in [6.07, 6.45) is 14.9. The minimum absolute atomic E-state index is 0.607. The van der Waals surface area contributed by atoms with Gasteiger partial charge in [-0.25, -0.2) is 0 Å². The van der Waals surface area contributed by atoms with Gasteiger partial charge in [0.15, 0.2) is 0 Å². The van der Waals surface area contributed by atoms with Crippen molar-refractivity contribution in [2.24, 2.45) is 11.3 Å². The molecule has 92 valence electrons. The summed E-state index contributed by atoms with van der Waals surface area (Å²) in [5.74, 6) is 0.969. The minimum atomic E-state index is 0.607. The Balaban J connectivity index is 1.85. The highest BCUT2D eigenvalue weighted by molar-refractivity contribution is 5.44. The lowest BCUT2D eigenvalue weighted by molar-refractivity contribution is -0.0213. The summed E-state index contributed by atoms with van der Waals surface area (Å²) in [6.45, 7) is 1.33. The molecule has 0 amide bonds. The zero-order chi connectivity index (χ0) is 11.5. The summed E-state index contributed by atoms with van der Waals surface area (Å²) >= 11 is 0. The Hall–Kier alpha value is -0.560. The van der Waals surface area contributed by atoms with Gasteiger partial charge >= 0.3 is 0 Å². The maximum Gasteiger partial charge on any atom is 0.0166 e. The van der Waals surface area contributed by atoms with Crippen LogP contribution in [-0.4, -0.2) is 24.5 Å². The maximum atomic E-state index is 2.66.